The van der Waals surface area contributed by atoms with Gasteiger partial charge in [-0.15, -0.1) is 0 Å². The minimum atomic E-state index is 1.01. The van der Waals surface area contributed by atoms with E-state index in [9.17, 15) is 0 Å². The minimum Gasteiger partial charge on any atom is -0.0679 e. The standard InChI is InChI=1S/C11H18/c1-3-10-8-5-6-9(7-8)11(10)4-2/h8-9H,3-7H2,1-2H3. The third kappa shape index (κ3) is 0.953. The minimum absolute atomic E-state index is 1.01. The normalized spacial score (nSPS) is 35.5. The Balaban J connectivity index is 2.27. The monoisotopic (exact) mass is 150 g/mol. The lowest BCUT2D eigenvalue weighted by Crippen LogP contribution is -2.01. The van der Waals surface area contributed by atoms with Crippen LogP contribution in [0.4, 0.5) is 0 Å². The molecule has 0 N–H and O–H groups in total. The summed E-state index contributed by atoms with van der Waals surface area (Å²) in [4.78, 5) is 0. The van der Waals surface area contributed by atoms with Gasteiger partial charge in [-0.05, 0) is 43.9 Å². The highest BCUT2D eigenvalue weighted by Gasteiger charge is 2.36. The van der Waals surface area contributed by atoms with E-state index in [1.165, 1.54) is 32.1 Å². The van der Waals surface area contributed by atoms with Gasteiger partial charge in [-0.2, -0.15) is 0 Å². The maximum Gasteiger partial charge on any atom is -0.0195 e. The Morgan fingerprint density at radius 2 is 1.45 bits per heavy atom. The lowest BCUT2D eigenvalue weighted by molar-refractivity contribution is 0.618. The van der Waals surface area contributed by atoms with Crippen LogP contribution < -0.4 is 0 Å². The van der Waals surface area contributed by atoms with Gasteiger partial charge in [-0.1, -0.05) is 25.0 Å². The average molecular weight is 150 g/mol. The molecule has 0 spiro atoms. The van der Waals surface area contributed by atoms with Crippen LogP contribution in [0.1, 0.15) is 46.0 Å². The van der Waals surface area contributed by atoms with Crippen LogP contribution in [0, 0.1) is 11.8 Å². The zero-order chi connectivity index (χ0) is 7.84. The summed E-state index contributed by atoms with van der Waals surface area (Å²) in [7, 11) is 0. The van der Waals surface area contributed by atoms with Crippen molar-refractivity contribution in [1.29, 1.82) is 0 Å². The molecule has 0 heterocycles. The van der Waals surface area contributed by atoms with Crippen molar-refractivity contribution >= 4 is 0 Å². The molecule has 0 aromatic rings. The van der Waals surface area contributed by atoms with Crippen molar-refractivity contribution in [3.8, 4) is 0 Å². The van der Waals surface area contributed by atoms with E-state index >= 15 is 0 Å². The van der Waals surface area contributed by atoms with Crippen molar-refractivity contribution in [1.82, 2.24) is 0 Å². The second-order valence-corrected chi connectivity index (χ2v) is 3.96. The van der Waals surface area contributed by atoms with Gasteiger partial charge in [0.05, 0.1) is 0 Å². The van der Waals surface area contributed by atoms with Crippen LogP contribution in [0.3, 0.4) is 0 Å². The van der Waals surface area contributed by atoms with E-state index in [2.05, 4.69) is 13.8 Å². The molecule has 2 rings (SSSR count). The van der Waals surface area contributed by atoms with Gasteiger partial charge in [-0.3, -0.25) is 0 Å². The fourth-order valence-corrected chi connectivity index (χ4v) is 3.17. The van der Waals surface area contributed by atoms with Crippen molar-refractivity contribution in [2.75, 3.05) is 0 Å². The first kappa shape index (κ1) is 7.39. The van der Waals surface area contributed by atoms with Crippen LogP contribution in [0.25, 0.3) is 0 Å². The summed E-state index contributed by atoms with van der Waals surface area (Å²) in [6.07, 6.45) is 7.15. The van der Waals surface area contributed by atoms with Gasteiger partial charge in [0.15, 0.2) is 0 Å². The Hall–Kier alpha value is -0.260. The van der Waals surface area contributed by atoms with Crippen molar-refractivity contribution < 1.29 is 0 Å². The predicted molar refractivity (Wildman–Crippen MR) is 48.4 cm³/mol. The van der Waals surface area contributed by atoms with Crippen molar-refractivity contribution in [2.24, 2.45) is 11.8 Å². The van der Waals surface area contributed by atoms with E-state index in [0.29, 0.717) is 0 Å². The Labute approximate surface area is 69.7 Å². The number of hydrogen-bond acceptors (Lipinski definition) is 0. The first-order valence-corrected chi connectivity index (χ1v) is 5.08. The SMILES string of the molecule is CCC1=C(CC)C2CCC1C2. The van der Waals surface area contributed by atoms with Crippen LogP contribution in [0.15, 0.2) is 11.1 Å². The van der Waals surface area contributed by atoms with Crippen LogP contribution >= 0.6 is 0 Å². The Bertz CT molecular complexity index is 168. The second kappa shape index (κ2) is 2.66. The summed E-state index contributed by atoms with van der Waals surface area (Å²) in [5.41, 5.74) is 3.67. The summed E-state index contributed by atoms with van der Waals surface area (Å²) < 4.78 is 0. The third-order valence-electron chi connectivity index (χ3n) is 3.59. The summed E-state index contributed by atoms with van der Waals surface area (Å²) in [6, 6.07) is 0. The molecule has 1 saturated carbocycles. The van der Waals surface area contributed by atoms with Crippen LogP contribution in [0.5, 0.6) is 0 Å². The van der Waals surface area contributed by atoms with E-state index in [0.717, 1.165) is 11.8 Å². The van der Waals surface area contributed by atoms with E-state index in [-0.39, 0.29) is 0 Å². The maximum atomic E-state index is 2.33. The fourth-order valence-electron chi connectivity index (χ4n) is 3.17. The highest BCUT2D eigenvalue weighted by molar-refractivity contribution is 5.28. The molecule has 62 valence electrons. The molecule has 2 bridgehead atoms. The van der Waals surface area contributed by atoms with Gasteiger partial charge in [0.2, 0.25) is 0 Å². The van der Waals surface area contributed by atoms with Gasteiger partial charge >= 0.3 is 0 Å². The number of allylic oxidation sites excluding steroid dienone is 2. The molecule has 0 aromatic heterocycles. The topological polar surface area (TPSA) is 0 Å². The summed E-state index contributed by atoms with van der Waals surface area (Å²) in [5.74, 6) is 2.03. The van der Waals surface area contributed by atoms with Crippen LogP contribution in [0.2, 0.25) is 0 Å². The fraction of sp³-hybridized carbons (Fsp3) is 0.818. The van der Waals surface area contributed by atoms with Crippen LogP contribution in [-0.2, 0) is 0 Å². The van der Waals surface area contributed by atoms with Gasteiger partial charge in [-0.25, -0.2) is 0 Å². The molecule has 0 saturated heterocycles. The summed E-state index contributed by atoms with van der Waals surface area (Å²) in [6.45, 7) is 4.65. The number of fused-ring (bicyclic) bond motifs is 2. The molecule has 0 heteroatoms. The molecule has 2 aliphatic carbocycles. The van der Waals surface area contributed by atoms with Gasteiger partial charge in [0.25, 0.3) is 0 Å². The lowest BCUT2D eigenvalue weighted by atomic mass is 9.89. The molecule has 0 nitrogen and oxygen atoms in total. The Kier molecular flexibility index (Phi) is 1.78. The van der Waals surface area contributed by atoms with Gasteiger partial charge in [0, 0.05) is 0 Å². The zero-order valence-electron chi connectivity index (χ0n) is 7.69. The lowest BCUT2D eigenvalue weighted by Gasteiger charge is -2.17. The maximum absolute atomic E-state index is 2.33. The van der Waals surface area contributed by atoms with E-state index in [1.807, 2.05) is 11.1 Å². The Morgan fingerprint density at radius 3 is 1.82 bits per heavy atom. The highest BCUT2D eigenvalue weighted by Crippen LogP contribution is 2.50. The summed E-state index contributed by atoms with van der Waals surface area (Å²) in [5, 5.41) is 0. The first-order chi connectivity index (χ1) is 5.36. The van der Waals surface area contributed by atoms with E-state index < -0.39 is 0 Å². The molecule has 2 unspecified atom stereocenters. The third-order valence-corrected chi connectivity index (χ3v) is 3.59. The molecular formula is C11H18. The van der Waals surface area contributed by atoms with Crippen molar-refractivity contribution in [3.05, 3.63) is 11.1 Å². The van der Waals surface area contributed by atoms with Gasteiger partial charge < -0.3 is 0 Å². The largest absolute Gasteiger partial charge is 0.0679 e. The van der Waals surface area contributed by atoms with E-state index in [1.54, 1.807) is 0 Å². The predicted octanol–water partition coefficient (Wildman–Crippen LogP) is 3.53. The molecule has 0 amide bonds. The average Bonchev–Trinajstić information content (AvgIpc) is 2.60. The number of hydrogen-bond donors (Lipinski definition) is 0. The quantitative estimate of drug-likeness (QED) is 0.528. The molecule has 0 radical (unpaired) electrons. The number of rotatable bonds is 2. The molecule has 0 aromatic carbocycles. The van der Waals surface area contributed by atoms with Crippen molar-refractivity contribution in [3.63, 3.8) is 0 Å². The summed E-state index contributed by atoms with van der Waals surface area (Å²) >= 11 is 0. The van der Waals surface area contributed by atoms with Crippen LogP contribution in [-0.4, -0.2) is 0 Å². The Morgan fingerprint density at radius 1 is 1.00 bits per heavy atom. The first-order valence-electron chi connectivity index (χ1n) is 5.08. The van der Waals surface area contributed by atoms with E-state index in [4.69, 9.17) is 0 Å². The molecule has 11 heavy (non-hydrogen) atoms. The van der Waals surface area contributed by atoms with Gasteiger partial charge in [0.1, 0.15) is 0 Å². The molecular weight excluding hydrogens is 132 g/mol. The highest BCUT2D eigenvalue weighted by atomic mass is 14.4. The molecule has 2 aliphatic rings. The second-order valence-electron chi connectivity index (χ2n) is 3.96. The molecule has 1 fully saturated rings. The smallest absolute Gasteiger partial charge is 0.0195 e. The molecule has 2 atom stereocenters. The van der Waals surface area contributed by atoms with Crippen molar-refractivity contribution in [2.45, 2.75) is 46.0 Å². The zero-order valence-corrected chi connectivity index (χ0v) is 7.69. The molecule has 0 aliphatic heterocycles.